The van der Waals surface area contributed by atoms with Crippen LogP contribution in [-0.4, -0.2) is 5.78 Å². The highest BCUT2D eigenvalue weighted by atomic mass is 35.5. The van der Waals surface area contributed by atoms with Gasteiger partial charge in [0.05, 0.1) is 5.02 Å². The number of hydrogen-bond acceptors (Lipinski definition) is 1. The number of carbonyl (C=O) groups is 1. The van der Waals surface area contributed by atoms with Gasteiger partial charge in [0.2, 0.25) is 0 Å². The van der Waals surface area contributed by atoms with Crippen molar-refractivity contribution in [1.29, 1.82) is 0 Å². The van der Waals surface area contributed by atoms with E-state index >= 15 is 0 Å². The predicted octanol–water partition coefficient (Wildman–Crippen LogP) is 4.82. The van der Waals surface area contributed by atoms with E-state index in [0.29, 0.717) is 15.6 Å². The van der Waals surface area contributed by atoms with E-state index in [-0.39, 0.29) is 5.78 Å². The van der Waals surface area contributed by atoms with Crippen molar-refractivity contribution in [2.75, 3.05) is 0 Å². The molecule has 0 N–H and O–H groups in total. The molecule has 1 nitrogen and oxygen atoms in total. The van der Waals surface area contributed by atoms with Gasteiger partial charge in [0.1, 0.15) is 0 Å². The molecule has 0 fully saturated rings. The monoisotopic (exact) mass is 276 g/mol. The summed E-state index contributed by atoms with van der Waals surface area (Å²) < 4.78 is 0. The molecule has 90 valence electrons. The van der Waals surface area contributed by atoms with Crippen LogP contribution in [0.2, 0.25) is 10.0 Å². The zero-order valence-electron chi connectivity index (χ0n) is 9.97. The summed E-state index contributed by atoms with van der Waals surface area (Å²) in [5.74, 6) is -0.000772. The third-order valence-corrected chi connectivity index (χ3v) is 3.80. The van der Waals surface area contributed by atoms with Crippen molar-refractivity contribution in [2.24, 2.45) is 0 Å². The van der Waals surface area contributed by atoms with Gasteiger partial charge in [-0.2, -0.15) is 0 Å². The van der Waals surface area contributed by atoms with Crippen molar-refractivity contribution >= 4 is 29.0 Å². The lowest BCUT2D eigenvalue weighted by molar-refractivity contribution is 0.104. The maximum atomic E-state index is 12.4. The van der Waals surface area contributed by atoms with E-state index in [1.807, 2.05) is 32.0 Å². The first kappa shape index (κ1) is 11.8. The van der Waals surface area contributed by atoms with Gasteiger partial charge in [-0.1, -0.05) is 40.9 Å². The molecule has 0 saturated carbocycles. The third kappa shape index (κ3) is 1.51. The molecule has 2 aromatic carbocycles. The first-order valence-electron chi connectivity index (χ1n) is 5.64. The molecule has 18 heavy (non-hydrogen) atoms. The van der Waals surface area contributed by atoms with E-state index in [0.717, 1.165) is 27.8 Å². The molecule has 0 aliphatic heterocycles. The lowest BCUT2D eigenvalue weighted by atomic mass is 9.99. The highest BCUT2D eigenvalue weighted by Crippen LogP contribution is 2.43. The highest BCUT2D eigenvalue weighted by molar-refractivity contribution is 6.40. The van der Waals surface area contributed by atoms with Crippen LogP contribution in [0, 0.1) is 13.8 Å². The number of aryl methyl sites for hydroxylation is 2. The Morgan fingerprint density at radius 2 is 1.56 bits per heavy atom. The number of ketones is 1. The molecule has 1 aliphatic rings. The number of halogens is 2. The number of carbonyl (C=O) groups excluding carboxylic acids is 1. The average Bonchev–Trinajstić information content (AvgIpc) is 2.52. The van der Waals surface area contributed by atoms with E-state index in [1.165, 1.54) is 0 Å². The molecule has 0 saturated heterocycles. The van der Waals surface area contributed by atoms with E-state index < -0.39 is 0 Å². The third-order valence-electron chi connectivity index (χ3n) is 3.28. The molecule has 0 radical (unpaired) electrons. The van der Waals surface area contributed by atoms with Crippen LogP contribution in [-0.2, 0) is 0 Å². The summed E-state index contributed by atoms with van der Waals surface area (Å²) in [6.45, 7) is 3.97. The van der Waals surface area contributed by atoms with Gasteiger partial charge in [0.15, 0.2) is 5.78 Å². The second kappa shape index (κ2) is 3.84. The normalized spacial score (nSPS) is 12.6. The van der Waals surface area contributed by atoms with Crippen molar-refractivity contribution < 1.29 is 4.79 Å². The Balaban J connectivity index is 2.44. The molecule has 0 heterocycles. The van der Waals surface area contributed by atoms with Gasteiger partial charge in [-0.15, -0.1) is 0 Å². The Bertz CT molecular complexity index is 643. The minimum atomic E-state index is -0.000772. The second-order valence-corrected chi connectivity index (χ2v) is 5.49. The van der Waals surface area contributed by atoms with Gasteiger partial charge < -0.3 is 0 Å². The molecule has 0 amide bonds. The van der Waals surface area contributed by atoms with Crippen LogP contribution < -0.4 is 0 Å². The van der Waals surface area contributed by atoms with Gasteiger partial charge >= 0.3 is 0 Å². The Morgan fingerprint density at radius 3 is 2.28 bits per heavy atom. The molecule has 3 heteroatoms. The minimum absolute atomic E-state index is 0.000772. The summed E-state index contributed by atoms with van der Waals surface area (Å²) in [6, 6.07) is 7.45. The topological polar surface area (TPSA) is 17.1 Å². The van der Waals surface area contributed by atoms with Crippen molar-refractivity contribution in [2.45, 2.75) is 13.8 Å². The quantitative estimate of drug-likeness (QED) is 0.575. The zero-order chi connectivity index (χ0) is 13.0. The molecule has 1 aliphatic carbocycles. The fraction of sp³-hybridized carbons (Fsp3) is 0.133. The van der Waals surface area contributed by atoms with E-state index in [9.17, 15) is 4.79 Å². The van der Waals surface area contributed by atoms with Crippen molar-refractivity contribution in [1.82, 2.24) is 0 Å². The van der Waals surface area contributed by atoms with Gasteiger partial charge in [-0.3, -0.25) is 4.79 Å². The number of fused-ring (bicyclic) bond motifs is 3. The molecule has 0 aromatic heterocycles. The maximum Gasteiger partial charge on any atom is 0.196 e. The van der Waals surface area contributed by atoms with Crippen LogP contribution in [0.25, 0.3) is 11.1 Å². The fourth-order valence-electron chi connectivity index (χ4n) is 2.62. The molecule has 0 bridgehead atoms. The summed E-state index contributed by atoms with van der Waals surface area (Å²) >= 11 is 12.2. The lowest BCUT2D eigenvalue weighted by Gasteiger charge is -2.05. The summed E-state index contributed by atoms with van der Waals surface area (Å²) in [5, 5.41) is 0.981. The Morgan fingerprint density at radius 1 is 0.889 bits per heavy atom. The van der Waals surface area contributed by atoms with Crippen LogP contribution in [0.3, 0.4) is 0 Å². The summed E-state index contributed by atoms with van der Waals surface area (Å²) in [4.78, 5) is 12.4. The lowest BCUT2D eigenvalue weighted by Crippen LogP contribution is -1.99. The van der Waals surface area contributed by atoms with Gasteiger partial charge in [0.25, 0.3) is 0 Å². The van der Waals surface area contributed by atoms with Crippen molar-refractivity contribution in [3.8, 4) is 11.1 Å². The Kier molecular flexibility index (Phi) is 2.51. The van der Waals surface area contributed by atoms with Crippen molar-refractivity contribution in [3.05, 3.63) is 56.6 Å². The molecular formula is C15H10Cl2O. The van der Waals surface area contributed by atoms with E-state index in [1.54, 1.807) is 6.07 Å². The molecular weight excluding hydrogens is 267 g/mol. The van der Waals surface area contributed by atoms with Crippen LogP contribution in [0.15, 0.2) is 24.3 Å². The largest absolute Gasteiger partial charge is 0.288 e. The SMILES string of the molecule is Cc1cc(C)c2c(c1)-c1cc(Cl)cc(Cl)c1C2=O. The van der Waals surface area contributed by atoms with Crippen LogP contribution in [0.4, 0.5) is 0 Å². The highest BCUT2D eigenvalue weighted by Gasteiger charge is 2.30. The first-order chi connectivity index (χ1) is 8.49. The number of rotatable bonds is 0. The van der Waals surface area contributed by atoms with Gasteiger partial charge in [-0.25, -0.2) is 0 Å². The van der Waals surface area contributed by atoms with E-state index in [4.69, 9.17) is 23.2 Å². The number of hydrogen-bond donors (Lipinski definition) is 0. The standard InChI is InChI=1S/C15H10Cl2O/c1-7-3-8(2)13-10(4-7)11-5-9(16)6-12(17)14(11)15(13)18/h3-6H,1-2H3. The second-order valence-electron chi connectivity index (χ2n) is 4.64. The molecule has 0 spiro atoms. The van der Waals surface area contributed by atoms with Crippen LogP contribution >= 0.6 is 23.2 Å². The van der Waals surface area contributed by atoms with E-state index in [2.05, 4.69) is 0 Å². The molecule has 0 atom stereocenters. The average molecular weight is 277 g/mol. The van der Waals surface area contributed by atoms with Crippen LogP contribution in [0.5, 0.6) is 0 Å². The fourth-order valence-corrected chi connectivity index (χ4v) is 3.20. The number of benzene rings is 2. The zero-order valence-corrected chi connectivity index (χ0v) is 11.5. The minimum Gasteiger partial charge on any atom is -0.288 e. The Labute approximate surface area is 115 Å². The molecule has 0 unspecified atom stereocenters. The maximum absolute atomic E-state index is 12.4. The Hall–Kier alpha value is -1.31. The molecule has 3 rings (SSSR count). The summed E-state index contributed by atoms with van der Waals surface area (Å²) in [5.41, 5.74) is 5.22. The smallest absolute Gasteiger partial charge is 0.196 e. The van der Waals surface area contributed by atoms with Crippen molar-refractivity contribution in [3.63, 3.8) is 0 Å². The van der Waals surface area contributed by atoms with Gasteiger partial charge in [-0.05, 0) is 42.7 Å². The summed E-state index contributed by atoms with van der Waals surface area (Å²) in [6.07, 6.45) is 0. The van der Waals surface area contributed by atoms with Gasteiger partial charge in [0, 0.05) is 16.1 Å². The van der Waals surface area contributed by atoms with Crippen LogP contribution in [0.1, 0.15) is 27.0 Å². The predicted molar refractivity (Wildman–Crippen MR) is 74.8 cm³/mol. The first-order valence-corrected chi connectivity index (χ1v) is 6.40. The molecule has 2 aromatic rings. The summed E-state index contributed by atoms with van der Waals surface area (Å²) in [7, 11) is 0.